The number of alkyl halides is 1. The van der Waals surface area contributed by atoms with Crippen molar-refractivity contribution in [3.63, 3.8) is 0 Å². The Bertz CT molecular complexity index is 463. The molecule has 0 radical (unpaired) electrons. The summed E-state index contributed by atoms with van der Waals surface area (Å²) in [6.45, 7) is 3.97. The molecule has 1 atom stereocenters. The number of nitrogens with one attached hydrogen (secondary N) is 1. The van der Waals surface area contributed by atoms with Crippen molar-refractivity contribution in [2.75, 3.05) is 6.54 Å². The third-order valence-electron chi connectivity index (χ3n) is 2.46. The van der Waals surface area contributed by atoms with Crippen molar-refractivity contribution in [2.45, 2.75) is 25.6 Å². The van der Waals surface area contributed by atoms with Crippen LogP contribution >= 0.6 is 11.6 Å². The van der Waals surface area contributed by atoms with Crippen molar-refractivity contribution in [1.29, 1.82) is 0 Å². The molecule has 1 aromatic rings. The van der Waals surface area contributed by atoms with Crippen molar-refractivity contribution in [3.05, 3.63) is 39.4 Å². The number of amides is 1. The number of aryl methyl sites for hydroxylation is 1. The van der Waals surface area contributed by atoms with Gasteiger partial charge in [-0.25, -0.2) is 0 Å². The number of rotatable bonds is 5. The number of carbonyl (C=O) groups excluding carboxylic acids is 1. The highest BCUT2D eigenvalue weighted by atomic mass is 35.5. The Hall–Kier alpha value is -1.62. The van der Waals surface area contributed by atoms with Gasteiger partial charge in [-0.2, -0.15) is 0 Å². The molecule has 0 aliphatic rings. The molecular formula is C12H15ClN2O3. The maximum Gasteiger partial charge on any atom is 0.270 e. The van der Waals surface area contributed by atoms with E-state index in [0.29, 0.717) is 12.1 Å². The molecule has 98 valence electrons. The van der Waals surface area contributed by atoms with E-state index in [1.54, 1.807) is 13.0 Å². The maximum absolute atomic E-state index is 11.8. The molecule has 0 aromatic heterocycles. The van der Waals surface area contributed by atoms with E-state index in [0.717, 1.165) is 6.42 Å². The summed E-state index contributed by atoms with van der Waals surface area (Å²) in [4.78, 5) is 22.0. The Morgan fingerprint density at radius 2 is 2.17 bits per heavy atom. The smallest absolute Gasteiger partial charge is 0.270 e. The van der Waals surface area contributed by atoms with E-state index in [4.69, 9.17) is 11.6 Å². The quantitative estimate of drug-likeness (QED) is 0.508. The summed E-state index contributed by atoms with van der Waals surface area (Å²) in [7, 11) is 0. The van der Waals surface area contributed by atoms with Crippen LogP contribution in [0.5, 0.6) is 0 Å². The van der Waals surface area contributed by atoms with Crippen LogP contribution in [0, 0.1) is 17.0 Å². The summed E-state index contributed by atoms with van der Waals surface area (Å²) in [5.74, 6) is -0.346. The number of halogens is 1. The van der Waals surface area contributed by atoms with Gasteiger partial charge in [0.1, 0.15) is 0 Å². The maximum atomic E-state index is 11.8. The van der Waals surface area contributed by atoms with Crippen molar-refractivity contribution in [2.24, 2.45) is 0 Å². The van der Waals surface area contributed by atoms with E-state index in [-0.39, 0.29) is 22.5 Å². The Morgan fingerprint density at radius 1 is 1.50 bits per heavy atom. The molecule has 0 heterocycles. The van der Waals surface area contributed by atoms with Crippen LogP contribution in [0.3, 0.4) is 0 Å². The van der Waals surface area contributed by atoms with Crippen LogP contribution in [0.4, 0.5) is 5.69 Å². The summed E-state index contributed by atoms with van der Waals surface area (Å²) in [6.07, 6.45) is 0.746. The van der Waals surface area contributed by atoms with Gasteiger partial charge in [0.2, 0.25) is 0 Å². The number of nitrogens with zero attached hydrogens (tertiary/aromatic N) is 1. The van der Waals surface area contributed by atoms with Crippen LogP contribution in [0.15, 0.2) is 18.2 Å². The third-order valence-corrected chi connectivity index (χ3v) is 2.93. The standard InChI is InChI=1S/C12H15ClN2O3/c1-3-10(13)7-14-12(16)9-4-8(2)5-11(6-9)15(17)18/h4-6,10H,3,7H2,1-2H3,(H,14,16). The first-order chi connectivity index (χ1) is 8.43. The summed E-state index contributed by atoms with van der Waals surface area (Å²) in [6, 6.07) is 4.29. The minimum absolute atomic E-state index is 0.0851. The molecule has 1 aromatic carbocycles. The zero-order chi connectivity index (χ0) is 13.7. The molecule has 0 aliphatic carbocycles. The highest BCUT2D eigenvalue weighted by molar-refractivity contribution is 6.20. The van der Waals surface area contributed by atoms with Crippen LogP contribution in [0.1, 0.15) is 29.3 Å². The van der Waals surface area contributed by atoms with Crippen LogP contribution in [-0.4, -0.2) is 22.8 Å². The van der Waals surface area contributed by atoms with Gasteiger partial charge in [-0.3, -0.25) is 14.9 Å². The van der Waals surface area contributed by atoms with Gasteiger partial charge in [-0.1, -0.05) is 6.92 Å². The first-order valence-electron chi connectivity index (χ1n) is 5.62. The molecule has 0 saturated heterocycles. The second kappa shape index (κ2) is 6.35. The fourth-order valence-electron chi connectivity index (χ4n) is 1.45. The van der Waals surface area contributed by atoms with Gasteiger partial charge in [0.25, 0.3) is 11.6 Å². The van der Waals surface area contributed by atoms with E-state index in [2.05, 4.69) is 5.32 Å². The van der Waals surface area contributed by atoms with E-state index >= 15 is 0 Å². The molecular weight excluding hydrogens is 256 g/mol. The van der Waals surface area contributed by atoms with Crippen LogP contribution in [0.2, 0.25) is 0 Å². The fraction of sp³-hybridized carbons (Fsp3) is 0.417. The summed E-state index contributed by atoms with van der Waals surface area (Å²) >= 11 is 5.89. The average Bonchev–Trinajstić information content (AvgIpc) is 2.34. The molecule has 0 fully saturated rings. The minimum Gasteiger partial charge on any atom is -0.351 e. The Labute approximate surface area is 110 Å². The van der Waals surface area contributed by atoms with E-state index in [1.165, 1.54) is 12.1 Å². The molecule has 1 unspecified atom stereocenters. The SMILES string of the molecule is CCC(Cl)CNC(=O)c1cc(C)cc([N+](=O)[O-])c1. The molecule has 1 N–H and O–H groups in total. The molecule has 0 aliphatic heterocycles. The second-order valence-corrected chi connectivity index (χ2v) is 4.65. The van der Waals surface area contributed by atoms with E-state index in [1.807, 2.05) is 6.92 Å². The molecule has 0 saturated carbocycles. The largest absolute Gasteiger partial charge is 0.351 e. The Morgan fingerprint density at radius 3 is 2.72 bits per heavy atom. The number of nitro groups is 1. The normalized spacial score (nSPS) is 11.9. The summed E-state index contributed by atoms with van der Waals surface area (Å²) in [5.41, 5.74) is 0.868. The molecule has 1 amide bonds. The van der Waals surface area contributed by atoms with Crippen LogP contribution in [0.25, 0.3) is 0 Å². The molecule has 5 nitrogen and oxygen atoms in total. The van der Waals surface area contributed by atoms with Crippen molar-refractivity contribution in [1.82, 2.24) is 5.32 Å². The minimum atomic E-state index is -0.514. The highest BCUT2D eigenvalue weighted by Crippen LogP contribution is 2.16. The third kappa shape index (κ3) is 4.00. The lowest BCUT2D eigenvalue weighted by Gasteiger charge is -2.09. The first-order valence-corrected chi connectivity index (χ1v) is 6.06. The number of nitro benzene ring substituents is 1. The van der Waals surface area contributed by atoms with E-state index < -0.39 is 4.92 Å². The number of benzene rings is 1. The highest BCUT2D eigenvalue weighted by Gasteiger charge is 2.13. The first kappa shape index (κ1) is 14.4. The van der Waals surface area contributed by atoms with Crippen molar-refractivity contribution < 1.29 is 9.72 Å². The van der Waals surface area contributed by atoms with Crippen molar-refractivity contribution in [3.8, 4) is 0 Å². The average molecular weight is 271 g/mol. The lowest BCUT2D eigenvalue weighted by molar-refractivity contribution is -0.384. The monoisotopic (exact) mass is 270 g/mol. The zero-order valence-corrected chi connectivity index (χ0v) is 11.0. The number of non-ortho nitro benzene ring substituents is 1. The molecule has 6 heteroatoms. The number of carbonyl (C=O) groups is 1. The molecule has 18 heavy (non-hydrogen) atoms. The fourth-order valence-corrected chi connectivity index (χ4v) is 1.53. The van der Waals surface area contributed by atoms with Gasteiger partial charge in [0.05, 0.1) is 10.3 Å². The van der Waals surface area contributed by atoms with Crippen LogP contribution in [-0.2, 0) is 0 Å². The lowest BCUT2D eigenvalue weighted by Crippen LogP contribution is -2.29. The van der Waals surface area contributed by atoms with Gasteiger partial charge in [-0.05, 0) is 25.0 Å². The topological polar surface area (TPSA) is 72.2 Å². The second-order valence-electron chi connectivity index (χ2n) is 4.03. The summed E-state index contributed by atoms with van der Waals surface area (Å²) in [5, 5.41) is 13.2. The van der Waals surface area contributed by atoms with Gasteiger partial charge < -0.3 is 5.32 Å². The lowest BCUT2D eigenvalue weighted by atomic mass is 10.1. The van der Waals surface area contributed by atoms with E-state index in [9.17, 15) is 14.9 Å². The number of hydrogen-bond acceptors (Lipinski definition) is 3. The predicted octanol–water partition coefficient (Wildman–Crippen LogP) is 2.65. The molecule has 0 bridgehead atoms. The zero-order valence-electron chi connectivity index (χ0n) is 10.3. The molecule has 1 rings (SSSR count). The summed E-state index contributed by atoms with van der Waals surface area (Å²) < 4.78 is 0. The van der Waals surface area contributed by atoms with Crippen molar-refractivity contribution >= 4 is 23.2 Å². The molecule has 0 spiro atoms. The van der Waals surface area contributed by atoms with Gasteiger partial charge in [0, 0.05) is 24.2 Å². The van der Waals surface area contributed by atoms with Gasteiger partial charge in [-0.15, -0.1) is 11.6 Å². The predicted molar refractivity (Wildman–Crippen MR) is 70.1 cm³/mol. The Kier molecular flexibility index (Phi) is 5.09. The van der Waals surface area contributed by atoms with Crippen LogP contribution < -0.4 is 5.32 Å². The van der Waals surface area contributed by atoms with Gasteiger partial charge >= 0.3 is 0 Å². The Balaban J connectivity index is 2.82. The van der Waals surface area contributed by atoms with Gasteiger partial charge in [0.15, 0.2) is 0 Å². The number of hydrogen-bond donors (Lipinski definition) is 1.